The average molecular weight is 250 g/mol. The van der Waals surface area contributed by atoms with Gasteiger partial charge in [-0.3, -0.25) is 9.59 Å². The van der Waals surface area contributed by atoms with Crippen LogP contribution in [0.5, 0.6) is 0 Å². The molecule has 2 rings (SSSR count). The van der Waals surface area contributed by atoms with E-state index in [2.05, 4.69) is 0 Å². The van der Waals surface area contributed by atoms with E-state index in [0.717, 1.165) is 13.0 Å². The number of carbonyl (C=O) groups is 2. The van der Waals surface area contributed by atoms with E-state index in [9.17, 15) is 9.59 Å². The van der Waals surface area contributed by atoms with Crippen molar-refractivity contribution < 1.29 is 14.7 Å². The maximum Gasteiger partial charge on any atom is 0.308 e. The summed E-state index contributed by atoms with van der Waals surface area (Å²) in [6, 6.07) is 3.63. The Hall–Kier alpha value is -1.78. The minimum atomic E-state index is -0.807. The summed E-state index contributed by atoms with van der Waals surface area (Å²) in [6.07, 6.45) is 3.29. The predicted molar refractivity (Wildman–Crippen MR) is 66.4 cm³/mol. The monoisotopic (exact) mass is 250 g/mol. The van der Waals surface area contributed by atoms with Gasteiger partial charge >= 0.3 is 5.97 Å². The molecule has 0 bridgehead atoms. The Morgan fingerprint density at radius 2 is 2.28 bits per heavy atom. The van der Waals surface area contributed by atoms with Crippen LogP contribution in [0, 0.1) is 5.92 Å². The molecule has 98 valence electrons. The molecule has 0 radical (unpaired) electrons. The molecule has 0 aliphatic carbocycles. The fourth-order valence-corrected chi connectivity index (χ4v) is 2.41. The van der Waals surface area contributed by atoms with E-state index in [4.69, 9.17) is 5.11 Å². The SMILES string of the molecule is CCn1cccc1C(=O)N1CCCC(C(=O)O)C1. The van der Waals surface area contributed by atoms with Gasteiger partial charge in [0.05, 0.1) is 5.92 Å². The van der Waals surface area contributed by atoms with Crippen molar-refractivity contribution in [3.8, 4) is 0 Å². The van der Waals surface area contributed by atoms with Crippen molar-refractivity contribution in [3.05, 3.63) is 24.0 Å². The topological polar surface area (TPSA) is 62.5 Å². The van der Waals surface area contributed by atoms with Crippen molar-refractivity contribution in [2.75, 3.05) is 13.1 Å². The van der Waals surface area contributed by atoms with Crippen molar-refractivity contribution in [1.82, 2.24) is 9.47 Å². The number of amides is 1. The summed E-state index contributed by atoms with van der Waals surface area (Å²) >= 11 is 0. The van der Waals surface area contributed by atoms with Gasteiger partial charge in [-0.05, 0) is 31.9 Å². The number of carboxylic acid groups (broad SMARTS) is 1. The van der Waals surface area contributed by atoms with Crippen LogP contribution in [-0.4, -0.2) is 39.5 Å². The zero-order valence-corrected chi connectivity index (χ0v) is 10.5. The number of carboxylic acids is 1. The molecule has 1 saturated heterocycles. The van der Waals surface area contributed by atoms with Crippen LogP contribution in [0.25, 0.3) is 0 Å². The summed E-state index contributed by atoms with van der Waals surface area (Å²) in [5.74, 6) is -1.29. The molecule has 1 aliphatic rings. The number of hydrogen-bond acceptors (Lipinski definition) is 2. The Balaban J connectivity index is 2.11. The highest BCUT2D eigenvalue weighted by molar-refractivity contribution is 5.93. The highest BCUT2D eigenvalue weighted by Crippen LogP contribution is 2.19. The number of rotatable bonds is 3. The van der Waals surface area contributed by atoms with Gasteiger partial charge < -0.3 is 14.6 Å². The van der Waals surface area contributed by atoms with Crippen molar-refractivity contribution in [2.45, 2.75) is 26.3 Å². The minimum absolute atomic E-state index is 0.0622. The van der Waals surface area contributed by atoms with Crippen LogP contribution in [-0.2, 0) is 11.3 Å². The zero-order chi connectivity index (χ0) is 13.1. The van der Waals surface area contributed by atoms with Crippen LogP contribution in [0.3, 0.4) is 0 Å². The third-order valence-corrected chi connectivity index (χ3v) is 3.45. The molecule has 5 heteroatoms. The normalized spacial score (nSPS) is 19.8. The van der Waals surface area contributed by atoms with Crippen LogP contribution < -0.4 is 0 Å². The summed E-state index contributed by atoms with van der Waals surface area (Å²) in [4.78, 5) is 25.0. The number of nitrogens with zero attached hydrogens (tertiary/aromatic N) is 2. The summed E-state index contributed by atoms with van der Waals surface area (Å²) < 4.78 is 1.88. The first-order chi connectivity index (χ1) is 8.63. The van der Waals surface area contributed by atoms with E-state index in [1.807, 2.05) is 23.8 Å². The lowest BCUT2D eigenvalue weighted by atomic mass is 9.98. The Bertz CT molecular complexity index is 453. The average Bonchev–Trinajstić information content (AvgIpc) is 2.86. The Kier molecular flexibility index (Phi) is 3.69. The van der Waals surface area contributed by atoms with E-state index < -0.39 is 11.9 Å². The number of aliphatic carboxylic acids is 1. The second-order valence-electron chi connectivity index (χ2n) is 4.61. The number of hydrogen-bond donors (Lipinski definition) is 1. The van der Waals surface area contributed by atoms with Gasteiger partial charge in [-0.15, -0.1) is 0 Å². The third kappa shape index (κ3) is 2.39. The van der Waals surface area contributed by atoms with Gasteiger partial charge in [-0.2, -0.15) is 0 Å². The van der Waals surface area contributed by atoms with Gasteiger partial charge in [0, 0.05) is 25.8 Å². The maximum atomic E-state index is 12.3. The van der Waals surface area contributed by atoms with Crippen LogP contribution in [0.2, 0.25) is 0 Å². The van der Waals surface area contributed by atoms with E-state index in [-0.39, 0.29) is 5.91 Å². The van der Waals surface area contributed by atoms with E-state index in [1.165, 1.54) is 0 Å². The van der Waals surface area contributed by atoms with E-state index in [1.54, 1.807) is 11.0 Å². The molecular weight excluding hydrogens is 232 g/mol. The first-order valence-corrected chi connectivity index (χ1v) is 6.30. The van der Waals surface area contributed by atoms with Gasteiger partial charge in [0.1, 0.15) is 5.69 Å². The van der Waals surface area contributed by atoms with Gasteiger partial charge in [-0.25, -0.2) is 0 Å². The summed E-state index contributed by atoms with van der Waals surface area (Å²) in [6.45, 7) is 3.69. The number of carbonyl (C=O) groups excluding carboxylic acids is 1. The Labute approximate surface area is 106 Å². The first-order valence-electron chi connectivity index (χ1n) is 6.30. The van der Waals surface area contributed by atoms with Crippen molar-refractivity contribution in [3.63, 3.8) is 0 Å². The molecule has 18 heavy (non-hydrogen) atoms. The molecule has 1 aliphatic heterocycles. The van der Waals surface area contributed by atoms with E-state index >= 15 is 0 Å². The minimum Gasteiger partial charge on any atom is -0.481 e. The molecular formula is C13H18N2O3. The van der Waals surface area contributed by atoms with Gasteiger partial charge in [0.25, 0.3) is 5.91 Å². The third-order valence-electron chi connectivity index (χ3n) is 3.45. The fraction of sp³-hybridized carbons (Fsp3) is 0.538. The van der Waals surface area contributed by atoms with Crippen LogP contribution in [0.1, 0.15) is 30.3 Å². The van der Waals surface area contributed by atoms with E-state index in [0.29, 0.717) is 25.2 Å². The number of aryl methyl sites for hydroxylation is 1. The summed E-state index contributed by atoms with van der Waals surface area (Å²) in [5.41, 5.74) is 0.642. The second kappa shape index (κ2) is 5.25. The maximum absolute atomic E-state index is 12.3. The van der Waals surface area contributed by atoms with Crippen LogP contribution in [0.15, 0.2) is 18.3 Å². The first kappa shape index (κ1) is 12.7. The molecule has 1 fully saturated rings. The summed E-state index contributed by atoms with van der Waals surface area (Å²) in [7, 11) is 0. The number of likely N-dealkylation sites (tertiary alicyclic amines) is 1. The molecule has 2 heterocycles. The van der Waals surface area contributed by atoms with Crippen molar-refractivity contribution in [2.24, 2.45) is 5.92 Å². The molecule has 0 saturated carbocycles. The van der Waals surface area contributed by atoms with Crippen LogP contribution >= 0.6 is 0 Å². The molecule has 0 spiro atoms. The van der Waals surface area contributed by atoms with Gasteiger partial charge in [0.2, 0.25) is 0 Å². The lowest BCUT2D eigenvalue weighted by molar-refractivity contribution is -0.143. The Morgan fingerprint density at radius 1 is 1.50 bits per heavy atom. The van der Waals surface area contributed by atoms with Crippen molar-refractivity contribution >= 4 is 11.9 Å². The number of aromatic nitrogens is 1. The quantitative estimate of drug-likeness (QED) is 0.883. The molecule has 1 aromatic heterocycles. The second-order valence-corrected chi connectivity index (χ2v) is 4.61. The Morgan fingerprint density at radius 3 is 2.94 bits per heavy atom. The lowest BCUT2D eigenvalue weighted by Crippen LogP contribution is -2.42. The highest BCUT2D eigenvalue weighted by atomic mass is 16.4. The van der Waals surface area contributed by atoms with Gasteiger partial charge in [-0.1, -0.05) is 0 Å². The van der Waals surface area contributed by atoms with Crippen LogP contribution in [0.4, 0.5) is 0 Å². The molecule has 0 aromatic carbocycles. The summed E-state index contributed by atoms with van der Waals surface area (Å²) in [5, 5.41) is 9.03. The predicted octanol–water partition coefficient (Wildman–Crippen LogP) is 1.44. The molecule has 1 amide bonds. The smallest absolute Gasteiger partial charge is 0.308 e. The molecule has 1 atom stereocenters. The standard InChI is InChI=1S/C13H18N2O3/c1-2-14-7-4-6-11(14)12(16)15-8-3-5-10(9-15)13(17)18/h4,6-7,10H,2-3,5,8-9H2,1H3,(H,17,18). The van der Waals surface area contributed by atoms with Crippen molar-refractivity contribution in [1.29, 1.82) is 0 Å². The number of piperidine rings is 1. The highest BCUT2D eigenvalue weighted by Gasteiger charge is 2.29. The molecule has 5 nitrogen and oxygen atoms in total. The molecule has 1 N–H and O–H groups in total. The zero-order valence-electron chi connectivity index (χ0n) is 10.5. The van der Waals surface area contributed by atoms with Gasteiger partial charge in [0.15, 0.2) is 0 Å². The lowest BCUT2D eigenvalue weighted by Gasteiger charge is -2.30. The largest absolute Gasteiger partial charge is 0.481 e. The molecule has 1 unspecified atom stereocenters. The fourth-order valence-electron chi connectivity index (χ4n) is 2.41. The molecule has 1 aromatic rings.